The van der Waals surface area contributed by atoms with Crippen LogP contribution in [0, 0.1) is 5.82 Å². The van der Waals surface area contributed by atoms with Crippen molar-refractivity contribution in [2.45, 2.75) is 17.1 Å². The molecule has 1 unspecified atom stereocenters. The van der Waals surface area contributed by atoms with Crippen molar-refractivity contribution in [2.75, 3.05) is 13.6 Å². The zero-order valence-electron chi connectivity index (χ0n) is 13.9. The van der Waals surface area contributed by atoms with E-state index >= 15 is 0 Å². The van der Waals surface area contributed by atoms with Crippen LogP contribution >= 0.6 is 0 Å². The summed E-state index contributed by atoms with van der Waals surface area (Å²) in [7, 11) is -3.04. The molecule has 2 rings (SSSR count). The summed E-state index contributed by atoms with van der Waals surface area (Å²) < 4.78 is 77.9. The Kier molecular flexibility index (Phi) is 6.16. The topological polar surface area (TPSA) is 79.4 Å². The summed E-state index contributed by atoms with van der Waals surface area (Å²) in [5.41, 5.74) is -0.380. The lowest BCUT2D eigenvalue weighted by molar-refractivity contribution is -0.163. The van der Waals surface area contributed by atoms with E-state index in [-0.39, 0.29) is 10.5 Å². The molecule has 2 aromatic rings. The molecule has 1 aromatic heterocycles. The van der Waals surface area contributed by atoms with E-state index in [9.17, 15) is 30.8 Å². The molecule has 1 N–H and O–H groups in total. The fraction of sp³-hybridized carbons (Fsp3) is 0.250. The van der Waals surface area contributed by atoms with E-state index in [0.29, 0.717) is 4.31 Å². The van der Waals surface area contributed by atoms with E-state index < -0.39 is 40.5 Å². The minimum Gasteiger partial charge on any atom is -0.340 e. The summed E-state index contributed by atoms with van der Waals surface area (Å²) >= 11 is 0. The monoisotopic (exact) mass is 405 g/mol. The third-order valence-electron chi connectivity index (χ3n) is 3.54. The quantitative estimate of drug-likeness (QED) is 0.748. The number of hydrogen-bond donors (Lipinski definition) is 1. The van der Waals surface area contributed by atoms with Crippen molar-refractivity contribution in [3.05, 3.63) is 60.2 Å². The van der Waals surface area contributed by atoms with Crippen LogP contribution in [0.2, 0.25) is 0 Å². The van der Waals surface area contributed by atoms with Crippen molar-refractivity contribution in [3.8, 4) is 0 Å². The Morgan fingerprint density at radius 2 is 1.85 bits per heavy atom. The number of benzene rings is 1. The van der Waals surface area contributed by atoms with Crippen molar-refractivity contribution < 1.29 is 30.8 Å². The van der Waals surface area contributed by atoms with E-state index in [0.717, 1.165) is 37.5 Å². The fourth-order valence-electron chi connectivity index (χ4n) is 2.18. The van der Waals surface area contributed by atoms with Crippen molar-refractivity contribution in [2.24, 2.45) is 0 Å². The number of hydrogen-bond acceptors (Lipinski definition) is 4. The second-order valence-corrected chi connectivity index (χ2v) is 7.59. The summed E-state index contributed by atoms with van der Waals surface area (Å²) in [6.07, 6.45) is -2.45. The highest BCUT2D eigenvalue weighted by atomic mass is 32.2. The fourth-order valence-corrected chi connectivity index (χ4v) is 3.27. The van der Waals surface area contributed by atoms with Gasteiger partial charge in [0, 0.05) is 19.4 Å². The van der Waals surface area contributed by atoms with Gasteiger partial charge in [-0.05, 0) is 29.8 Å². The van der Waals surface area contributed by atoms with Crippen molar-refractivity contribution in [1.82, 2.24) is 14.6 Å². The maximum absolute atomic E-state index is 13.3. The average molecular weight is 405 g/mol. The number of pyridine rings is 1. The number of likely N-dealkylation sites (N-methyl/N-ethyl adjacent to an activating group) is 1. The third kappa shape index (κ3) is 5.23. The van der Waals surface area contributed by atoms with Crippen molar-refractivity contribution in [1.29, 1.82) is 0 Å². The van der Waals surface area contributed by atoms with E-state index in [2.05, 4.69) is 4.98 Å². The van der Waals surface area contributed by atoms with Crippen LogP contribution < -0.4 is 5.32 Å². The summed E-state index contributed by atoms with van der Waals surface area (Å²) in [6.45, 7) is -0.842. The lowest BCUT2D eigenvalue weighted by Gasteiger charge is -2.23. The molecular formula is C16H15F4N3O3S. The number of halogens is 4. The molecule has 1 aromatic carbocycles. The number of nitrogens with zero attached hydrogens (tertiary/aromatic N) is 2. The molecule has 0 fully saturated rings. The molecule has 0 aliphatic carbocycles. The van der Waals surface area contributed by atoms with E-state index in [1.807, 2.05) is 0 Å². The van der Waals surface area contributed by atoms with Gasteiger partial charge in [0.05, 0.1) is 6.54 Å². The van der Waals surface area contributed by atoms with E-state index in [1.165, 1.54) is 18.3 Å². The summed E-state index contributed by atoms with van der Waals surface area (Å²) in [5, 5.41) is 1.74. The molecule has 0 saturated carbocycles. The lowest BCUT2D eigenvalue weighted by Crippen LogP contribution is -2.43. The Balaban J connectivity index is 2.15. The number of carbonyl (C=O) groups excluding carboxylic acids is 1. The molecule has 1 heterocycles. The molecular weight excluding hydrogens is 390 g/mol. The lowest BCUT2D eigenvalue weighted by atomic mass is 10.1. The average Bonchev–Trinajstić information content (AvgIpc) is 2.60. The molecule has 27 heavy (non-hydrogen) atoms. The van der Waals surface area contributed by atoms with Gasteiger partial charge < -0.3 is 5.32 Å². The maximum Gasteiger partial charge on any atom is 0.412 e. The standard InChI is InChI=1S/C16H15F4N3O3S/c1-23(27(25,26)13-3-2-8-21-9-13)10-14(24)22-15(16(18,19)20)11-4-6-12(17)7-5-11/h2-9,15H,10H2,1H3,(H,22,24). The molecule has 0 radical (unpaired) electrons. The van der Waals surface area contributed by atoms with Gasteiger partial charge in [0.15, 0.2) is 6.04 Å². The Bertz CT molecular complexity index is 887. The molecule has 11 heteroatoms. The first-order chi connectivity index (χ1) is 12.5. The number of carbonyl (C=O) groups is 1. The van der Waals surface area contributed by atoms with Crippen LogP contribution in [-0.4, -0.2) is 43.4 Å². The second kappa shape index (κ2) is 8.01. The second-order valence-electron chi connectivity index (χ2n) is 5.54. The smallest absolute Gasteiger partial charge is 0.340 e. The first-order valence-corrected chi connectivity index (χ1v) is 8.93. The Morgan fingerprint density at radius 1 is 1.22 bits per heavy atom. The van der Waals surface area contributed by atoms with Gasteiger partial charge >= 0.3 is 6.18 Å². The predicted molar refractivity (Wildman–Crippen MR) is 87.4 cm³/mol. The first-order valence-electron chi connectivity index (χ1n) is 7.49. The van der Waals surface area contributed by atoms with Gasteiger partial charge in [-0.2, -0.15) is 17.5 Å². The number of amides is 1. The van der Waals surface area contributed by atoms with Crippen molar-refractivity contribution >= 4 is 15.9 Å². The summed E-state index contributed by atoms with van der Waals surface area (Å²) in [4.78, 5) is 15.5. The Morgan fingerprint density at radius 3 is 2.37 bits per heavy atom. The van der Waals surface area contributed by atoms with Crippen LogP contribution in [0.4, 0.5) is 17.6 Å². The van der Waals surface area contributed by atoms with Gasteiger partial charge in [0.2, 0.25) is 15.9 Å². The molecule has 0 bridgehead atoms. The molecule has 0 spiro atoms. The van der Waals surface area contributed by atoms with Crippen molar-refractivity contribution in [3.63, 3.8) is 0 Å². The number of nitrogens with one attached hydrogen (secondary N) is 1. The molecule has 6 nitrogen and oxygen atoms in total. The molecule has 0 saturated heterocycles. The number of sulfonamides is 1. The SMILES string of the molecule is CN(CC(=O)NC(c1ccc(F)cc1)C(F)(F)F)S(=O)(=O)c1cccnc1. The highest BCUT2D eigenvalue weighted by molar-refractivity contribution is 7.89. The number of aromatic nitrogens is 1. The van der Waals surface area contributed by atoms with Gasteiger partial charge in [-0.1, -0.05) is 12.1 Å². The third-order valence-corrected chi connectivity index (χ3v) is 5.33. The largest absolute Gasteiger partial charge is 0.412 e. The normalized spacial score (nSPS) is 13.4. The first kappa shape index (κ1) is 20.8. The van der Waals surface area contributed by atoms with Crippen LogP contribution in [0.3, 0.4) is 0 Å². The number of rotatable bonds is 6. The van der Waals surface area contributed by atoms with E-state index in [1.54, 1.807) is 5.32 Å². The summed E-state index contributed by atoms with van der Waals surface area (Å²) in [5.74, 6) is -1.90. The Hall–Kier alpha value is -2.53. The molecule has 1 amide bonds. The van der Waals surface area contributed by atoms with Gasteiger partial charge in [-0.3, -0.25) is 9.78 Å². The minimum absolute atomic E-state index is 0.203. The summed E-state index contributed by atoms with van der Waals surface area (Å²) in [6, 6.07) is 3.66. The van der Waals surface area contributed by atoms with Gasteiger partial charge in [0.25, 0.3) is 0 Å². The minimum atomic E-state index is -4.85. The van der Waals surface area contributed by atoms with Crippen LogP contribution in [0.5, 0.6) is 0 Å². The number of alkyl halides is 3. The van der Waals surface area contributed by atoms with Gasteiger partial charge in [-0.15, -0.1) is 0 Å². The molecule has 1 atom stereocenters. The molecule has 0 aliphatic rings. The van der Waals surface area contributed by atoms with Crippen LogP contribution in [0.1, 0.15) is 11.6 Å². The highest BCUT2D eigenvalue weighted by Gasteiger charge is 2.42. The van der Waals surface area contributed by atoms with Crippen LogP contribution in [0.15, 0.2) is 53.7 Å². The van der Waals surface area contributed by atoms with Gasteiger partial charge in [0.1, 0.15) is 10.7 Å². The zero-order valence-corrected chi connectivity index (χ0v) is 14.8. The maximum atomic E-state index is 13.3. The highest BCUT2D eigenvalue weighted by Crippen LogP contribution is 2.32. The zero-order chi connectivity index (χ0) is 20.2. The molecule has 0 aliphatic heterocycles. The van der Waals surface area contributed by atoms with Crippen LogP contribution in [0.25, 0.3) is 0 Å². The van der Waals surface area contributed by atoms with E-state index in [4.69, 9.17) is 0 Å². The van der Waals surface area contributed by atoms with Crippen LogP contribution in [-0.2, 0) is 14.8 Å². The molecule has 146 valence electrons. The Labute approximate surface area is 152 Å². The van der Waals surface area contributed by atoms with Gasteiger partial charge in [-0.25, -0.2) is 12.8 Å². The predicted octanol–water partition coefficient (Wildman–Crippen LogP) is 2.26.